The lowest BCUT2D eigenvalue weighted by atomic mass is 10.1. The number of imidazole rings is 1. The summed E-state index contributed by atoms with van der Waals surface area (Å²) in [6.45, 7) is 7.43. The number of fused-ring (bicyclic) bond motifs is 3. The zero-order valence-electron chi connectivity index (χ0n) is 18.8. The van der Waals surface area contributed by atoms with Crippen molar-refractivity contribution in [1.82, 2.24) is 29.5 Å². The Morgan fingerprint density at radius 1 is 1.19 bits per heavy atom. The van der Waals surface area contributed by atoms with E-state index < -0.39 is 0 Å². The van der Waals surface area contributed by atoms with Gasteiger partial charge >= 0.3 is 0 Å². The Kier molecular flexibility index (Phi) is 6.91. The van der Waals surface area contributed by atoms with Crippen molar-refractivity contribution in [2.75, 3.05) is 20.1 Å². The lowest BCUT2D eigenvalue weighted by molar-refractivity contribution is 0.0788. The molecule has 0 unspecified atom stereocenters. The van der Waals surface area contributed by atoms with E-state index in [-0.39, 0.29) is 5.91 Å². The summed E-state index contributed by atoms with van der Waals surface area (Å²) in [5.74, 6) is 0.936. The third-order valence-electron chi connectivity index (χ3n) is 5.74. The van der Waals surface area contributed by atoms with Gasteiger partial charge in [-0.3, -0.25) is 14.3 Å². The van der Waals surface area contributed by atoms with Gasteiger partial charge in [-0.2, -0.15) is 4.98 Å². The zero-order chi connectivity index (χ0) is 22.7. The van der Waals surface area contributed by atoms with E-state index in [1.165, 1.54) is 0 Å². The van der Waals surface area contributed by atoms with Gasteiger partial charge in [0.25, 0.3) is 5.91 Å². The molecular weight excluding hydrogens is 428 g/mol. The van der Waals surface area contributed by atoms with Crippen molar-refractivity contribution in [2.45, 2.75) is 52.6 Å². The molecule has 0 radical (unpaired) electrons. The number of halogens is 1. The minimum atomic E-state index is -0.0894. The fraction of sp³-hybridized carbons (Fsp3) is 0.478. The van der Waals surface area contributed by atoms with Gasteiger partial charge in [-0.15, -0.1) is 0 Å². The van der Waals surface area contributed by atoms with Gasteiger partial charge in [0.05, 0.1) is 30.0 Å². The number of unbranched alkanes of at least 4 members (excludes halogenated alkanes) is 2. The number of nitrogens with zero attached hydrogens (tertiary/aromatic N) is 6. The summed E-state index contributed by atoms with van der Waals surface area (Å²) in [7, 11) is 1.76. The minimum absolute atomic E-state index is 0.0894. The molecule has 4 rings (SSSR count). The molecule has 0 saturated heterocycles. The predicted molar refractivity (Wildman–Crippen MR) is 123 cm³/mol. The second-order valence-electron chi connectivity index (χ2n) is 8.23. The van der Waals surface area contributed by atoms with E-state index in [2.05, 4.69) is 33.9 Å². The van der Waals surface area contributed by atoms with Crippen LogP contribution < -0.4 is 0 Å². The molecule has 0 N–H and O–H groups in total. The number of hydrogen-bond acceptors (Lipinski definition) is 6. The van der Waals surface area contributed by atoms with Crippen LogP contribution in [0, 0.1) is 0 Å². The topological polar surface area (TPSA) is 80.3 Å². The maximum atomic E-state index is 12.9. The minimum Gasteiger partial charge on any atom is -0.337 e. The average Bonchev–Trinajstić information content (AvgIpc) is 3.39. The van der Waals surface area contributed by atoms with Gasteiger partial charge in [-0.1, -0.05) is 43.4 Å². The van der Waals surface area contributed by atoms with Crippen LogP contribution in [0.5, 0.6) is 0 Å². The number of carbonyl (C=O) groups is 1. The number of aromatic nitrogens is 4. The van der Waals surface area contributed by atoms with E-state index in [0.29, 0.717) is 41.1 Å². The summed E-state index contributed by atoms with van der Waals surface area (Å²) < 4.78 is 7.49. The molecule has 2 aromatic heterocycles. The average molecular weight is 457 g/mol. The summed E-state index contributed by atoms with van der Waals surface area (Å²) in [6, 6.07) is 5.30. The molecule has 1 aromatic carbocycles. The molecule has 1 amide bonds. The number of amides is 1. The summed E-state index contributed by atoms with van der Waals surface area (Å²) in [6.07, 6.45) is 6.29. The van der Waals surface area contributed by atoms with Crippen LogP contribution in [-0.2, 0) is 13.1 Å². The predicted octanol–water partition coefficient (Wildman–Crippen LogP) is 4.56. The van der Waals surface area contributed by atoms with Crippen LogP contribution in [-0.4, -0.2) is 55.5 Å². The van der Waals surface area contributed by atoms with Crippen molar-refractivity contribution < 1.29 is 9.32 Å². The number of rotatable bonds is 9. The molecule has 0 aliphatic carbocycles. The van der Waals surface area contributed by atoms with E-state index in [4.69, 9.17) is 16.1 Å². The number of benzene rings is 1. The molecule has 0 bridgehead atoms. The van der Waals surface area contributed by atoms with Gasteiger partial charge in [0, 0.05) is 12.1 Å². The van der Waals surface area contributed by atoms with Crippen LogP contribution >= 0.6 is 11.6 Å². The van der Waals surface area contributed by atoms with Crippen molar-refractivity contribution in [2.24, 2.45) is 0 Å². The van der Waals surface area contributed by atoms with Crippen molar-refractivity contribution in [3.05, 3.63) is 46.7 Å². The molecule has 0 atom stereocenters. The second-order valence-corrected chi connectivity index (χ2v) is 8.66. The second kappa shape index (κ2) is 9.83. The maximum Gasteiger partial charge on any atom is 0.256 e. The first-order chi connectivity index (χ1) is 15.5. The number of carbonyl (C=O) groups excluding carboxylic acids is 1. The van der Waals surface area contributed by atoms with Gasteiger partial charge in [-0.05, 0) is 44.1 Å². The Morgan fingerprint density at radius 3 is 2.66 bits per heavy atom. The van der Waals surface area contributed by atoms with Crippen molar-refractivity contribution >= 4 is 17.5 Å². The lowest BCUT2D eigenvalue weighted by Crippen LogP contribution is -2.25. The molecule has 1 aliphatic rings. The maximum absolute atomic E-state index is 12.9. The van der Waals surface area contributed by atoms with Crippen molar-refractivity contribution in [1.29, 1.82) is 0 Å². The van der Waals surface area contributed by atoms with E-state index in [1.807, 2.05) is 10.6 Å². The first-order valence-electron chi connectivity index (χ1n) is 11.2. The smallest absolute Gasteiger partial charge is 0.256 e. The first kappa shape index (κ1) is 22.5. The zero-order valence-corrected chi connectivity index (χ0v) is 19.6. The van der Waals surface area contributed by atoms with Gasteiger partial charge < -0.3 is 9.42 Å². The van der Waals surface area contributed by atoms with Crippen LogP contribution in [0.3, 0.4) is 0 Å². The van der Waals surface area contributed by atoms with E-state index in [0.717, 1.165) is 50.2 Å². The Bertz CT molecular complexity index is 1080. The summed E-state index contributed by atoms with van der Waals surface area (Å²) in [5.41, 5.74) is 2.74. The van der Waals surface area contributed by atoms with E-state index in [1.54, 1.807) is 30.4 Å². The summed E-state index contributed by atoms with van der Waals surface area (Å²) in [4.78, 5) is 26.1. The summed E-state index contributed by atoms with van der Waals surface area (Å²) in [5, 5.41) is 4.73. The van der Waals surface area contributed by atoms with Crippen LogP contribution in [0.25, 0.3) is 17.2 Å². The molecule has 0 saturated carbocycles. The van der Waals surface area contributed by atoms with Crippen LogP contribution in [0.1, 0.15) is 61.5 Å². The van der Waals surface area contributed by atoms with Crippen LogP contribution in [0.4, 0.5) is 0 Å². The molecule has 8 nitrogen and oxygen atoms in total. The lowest BCUT2D eigenvalue weighted by Gasteiger charge is -2.19. The molecule has 0 spiro atoms. The summed E-state index contributed by atoms with van der Waals surface area (Å²) >= 11 is 6.15. The van der Waals surface area contributed by atoms with E-state index >= 15 is 0 Å². The van der Waals surface area contributed by atoms with Crippen LogP contribution in [0.2, 0.25) is 5.02 Å². The van der Waals surface area contributed by atoms with Crippen LogP contribution in [0.15, 0.2) is 29.0 Å². The molecule has 0 fully saturated rings. The molecule has 32 heavy (non-hydrogen) atoms. The fourth-order valence-electron chi connectivity index (χ4n) is 3.95. The Labute approximate surface area is 193 Å². The quantitative estimate of drug-likeness (QED) is 0.469. The molecule has 3 aromatic rings. The highest BCUT2D eigenvalue weighted by Gasteiger charge is 2.28. The van der Waals surface area contributed by atoms with Crippen molar-refractivity contribution in [3.8, 4) is 17.2 Å². The first-order valence-corrected chi connectivity index (χ1v) is 11.6. The highest BCUT2D eigenvalue weighted by molar-refractivity contribution is 6.31. The monoisotopic (exact) mass is 456 g/mol. The molecule has 3 heterocycles. The highest BCUT2D eigenvalue weighted by Crippen LogP contribution is 2.30. The van der Waals surface area contributed by atoms with Crippen molar-refractivity contribution in [3.63, 3.8) is 0 Å². The van der Waals surface area contributed by atoms with Gasteiger partial charge in [0.2, 0.25) is 11.7 Å². The molecular formula is C23H29ClN6O2. The molecule has 1 aliphatic heterocycles. The Hall–Kier alpha value is -2.71. The van der Waals surface area contributed by atoms with Gasteiger partial charge in [0.15, 0.2) is 0 Å². The Morgan fingerprint density at radius 2 is 1.94 bits per heavy atom. The Balaban J connectivity index is 1.63. The van der Waals surface area contributed by atoms with Gasteiger partial charge in [-0.25, -0.2) is 4.98 Å². The highest BCUT2D eigenvalue weighted by atomic mass is 35.5. The normalized spacial score (nSPS) is 13.4. The molecule has 9 heteroatoms. The number of hydrogen-bond donors (Lipinski definition) is 0. The SMILES string of the molecule is CCCCN(CCCC)Cc1nc(-c2ncn3c2CN(C)C(=O)c2cc(Cl)ccc2-3)no1. The fourth-order valence-corrected chi connectivity index (χ4v) is 4.12. The standard InChI is InChI=1S/C23H29ClN6O2/c1-4-6-10-29(11-7-5-2)14-20-26-22(27-32-20)21-19-13-28(3)23(31)17-12-16(24)8-9-18(17)30(19)15-25-21/h8-9,12,15H,4-7,10-11,13-14H2,1-3H3. The van der Waals surface area contributed by atoms with E-state index in [9.17, 15) is 4.79 Å². The third-order valence-corrected chi connectivity index (χ3v) is 5.98. The largest absolute Gasteiger partial charge is 0.337 e. The molecule has 170 valence electrons. The third kappa shape index (κ3) is 4.56. The van der Waals surface area contributed by atoms with Gasteiger partial charge in [0.1, 0.15) is 12.0 Å².